The number of benzene rings is 6. The van der Waals surface area contributed by atoms with Gasteiger partial charge in [0.15, 0.2) is 5.82 Å². The number of amides is 4. The monoisotopic (exact) mass is 2050 g/mol. The number of nitrogens with zero attached hydrogens (tertiary/aromatic N) is 9. The molecule has 9 aliphatic rings. The summed E-state index contributed by atoms with van der Waals surface area (Å²) in [6.45, 7) is 56.3. The number of rotatable bonds is 32. The van der Waals surface area contributed by atoms with Gasteiger partial charge in [0, 0.05) is 27.6 Å². The number of halogens is 1. The standard InChI is InChI=1S/C41H58N2O4.C40H55N7O3.C35H46N2O4.C6H13Br/c1-28(2)47-37(45)30-15-13-29(14-16-30)34(19-20-38(3,4)5)43-36(44)35(31-11-10-12-33(27-31)46-26-25-39(6,7)8)42-41(43)21-17-32(18-22-41)40(9)23-24-40;1-37(2,3)18-17-32(27-11-13-28(14-12-27)35(48)41-26-33-43-45-46-44-33)47-36(49)34(29-9-8-10-31(25-29)50-24-23-38(4,5)6)42-40(47)19-15-30(16-20-40)39(7)21-22-39;1-23(2)41-32(40)25-12-10-24(11-13-25)29(16-17-33(3,4)5)37-31(39)30(26-8-7-9-28(38)22-26)36-35(37)18-14-27(15-19-35)34(6)20-21-34;1-6(2,3)4-5-7/h10-16,27-28,32,34H,17-26H2,1-9H3;8-14,25,30,32H,15-24,26H2,1-7H3,(H,41,48)(H,43,44,45,46);7-13,22-23,27,29,38H,14-21H2,1-6H3;4-5H2,1-3H3/t32?,34-,41?;30?,32-,40?;27?,29-,35?;/m111./s1. The third kappa shape index (κ3) is 29.8. The number of aliphatic imine (C=N–C) groups is 3. The number of ether oxygens (including phenoxy) is 4. The van der Waals surface area contributed by atoms with Crippen LogP contribution in [0.5, 0.6) is 17.2 Å². The van der Waals surface area contributed by atoms with E-state index in [0.29, 0.717) is 97.8 Å². The lowest BCUT2D eigenvalue weighted by Gasteiger charge is -2.46. The molecule has 788 valence electrons. The Morgan fingerprint density at radius 1 is 0.414 bits per heavy atom. The van der Waals surface area contributed by atoms with Gasteiger partial charge in [0.2, 0.25) is 0 Å². The van der Waals surface area contributed by atoms with Gasteiger partial charge in [-0.1, -0.05) is 239 Å². The van der Waals surface area contributed by atoms with Crippen molar-refractivity contribution < 1.29 is 52.8 Å². The zero-order valence-corrected chi connectivity index (χ0v) is 93.9. The van der Waals surface area contributed by atoms with E-state index in [1.165, 1.54) is 44.9 Å². The Morgan fingerprint density at radius 3 is 0.986 bits per heavy atom. The molecule has 0 radical (unpaired) electrons. The summed E-state index contributed by atoms with van der Waals surface area (Å²) < 4.78 is 23.2. The van der Waals surface area contributed by atoms with E-state index in [9.17, 15) is 33.9 Å². The Bertz CT molecular complexity index is 5660. The SMILES string of the molecule is CC(C)(C)CCBr.CC(C)(C)CCOc1cccc(C2=NC3(CCC(C4(C)CC4)CC3)N([C@H](CCC(C)(C)C)c3ccc(C(=O)NCc4nn[nH]n4)cc3)C2=O)c1.CC(C)OC(=O)c1ccc([C@@H](CCC(C)(C)C)N2C(=O)C(c3cccc(O)c3)=NC23CCC(C2(C)CC2)CC3)cc1.CC(C)OC(=O)c1ccc([C@@H](CCC(C)(C)C)N2C(=O)C(c3cccc(OCCC(C)(C)C)c3)=NC23CCC(C2(C)CC2)CC3)cc1. The zero-order valence-electron chi connectivity index (χ0n) is 92.3. The van der Waals surface area contributed by atoms with E-state index in [1.807, 2.05) is 155 Å². The highest BCUT2D eigenvalue weighted by molar-refractivity contribution is 9.09. The van der Waals surface area contributed by atoms with Gasteiger partial charge in [-0.3, -0.25) is 34.2 Å². The molecule has 16 rings (SSSR count). The Labute approximate surface area is 875 Å². The molecule has 3 atom stereocenters. The zero-order chi connectivity index (χ0) is 105. The van der Waals surface area contributed by atoms with E-state index in [0.717, 1.165) is 173 Å². The molecule has 1 aromatic heterocycles. The molecule has 3 aliphatic heterocycles. The molecule has 22 nitrogen and oxygen atoms in total. The summed E-state index contributed by atoms with van der Waals surface area (Å²) in [7, 11) is 0. The third-order valence-electron chi connectivity index (χ3n) is 32.0. The van der Waals surface area contributed by atoms with Gasteiger partial charge in [-0.05, 0) is 357 Å². The number of nitrogens with one attached hydrogen (secondary N) is 2. The Balaban J connectivity index is 0.000000177. The minimum atomic E-state index is -0.614. The van der Waals surface area contributed by atoms with E-state index in [1.54, 1.807) is 18.2 Å². The van der Waals surface area contributed by atoms with Crippen LogP contribution in [0.4, 0.5) is 0 Å². The number of carbonyl (C=O) groups excluding carboxylic acids is 6. The van der Waals surface area contributed by atoms with Crippen molar-refractivity contribution in [2.45, 2.75) is 400 Å². The van der Waals surface area contributed by atoms with Gasteiger partial charge in [-0.15, -0.1) is 10.2 Å². The summed E-state index contributed by atoms with van der Waals surface area (Å²) in [6.07, 6.45) is 27.3. The van der Waals surface area contributed by atoms with Gasteiger partial charge in [-0.25, -0.2) is 9.59 Å². The van der Waals surface area contributed by atoms with Gasteiger partial charge < -0.3 is 44.1 Å². The largest absolute Gasteiger partial charge is 0.508 e. The first-order valence-corrected chi connectivity index (χ1v) is 55.5. The Morgan fingerprint density at radius 2 is 0.717 bits per heavy atom. The van der Waals surface area contributed by atoms with E-state index >= 15 is 0 Å². The summed E-state index contributed by atoms with van der Waals surface area (Å²) in [4.78, 5) is 105. The molecule has 0 saturated heterocycles. The van der Waals surface area contributed by atoms with Crippen LogP contribution in [-0.2, 0) is 30.4 Å². The highest BCUT2D eigenvalue weighted by Gasteiger charge is 2.60. The molecule has 145 heavy (non-hydrogen) atoms. The minimum Gasteiger partial charge on any atom is -0.508 e. The summed E-state index contributed by atoms with van der Waals surface area (Å²) in [6, 6.07) is 45.3. The molecule has 3 spiro atoms. The molecule has 4 amide bonds. The van der Waals surface area contributed by atoms with Gasteiger partial charge >= 0.3 is 11.9 Å². The molecule has 0 bridgehead atoms. The number of aromatic hydroxyl groups is 1. The van der Waals surface area contributed by atoms with Crippen molar-refractivity contribution >= 4 is 68.6 Å². The lowest BCUT2D eigenvalue weighted by Crippen LogP contribution is -2.51. The maximum Gasteiger partial charge on any atom is 0.338 e. The van der Waals surface area contributed by atoms with Crippen LogP contribution in [0, 0.1) is 66.5 Å². The average Bonchev–Trinajstić information content (AvgIpc) is 1.58. The molecular weight excluding hydrogens is 1880 g/mol. The van der Waals surface area contributed by atoms with E-state index in [4.69, 9.17) is 33.9 Å². The van der Waals surface area contributed by atoms with Gasteiger partial charge in [-0.2, -0.15) is 5.21 Å². The first kappa shape index (κ1) is 112. The lowest BCUT2D eigenvalue weighted by atomic mass is 9.73. The number of aromatic nitrogens is 4. The molecule has 6 saturated carbocycles. The number of aromatic amines is 1. The molecule has 3 N–H and O–H groups in total. The fourth-order valence-corrected chi connectivity index (χ4v) is 23.1. The fraction of sp³-hybridized carbons (Fsp3) is 0.623. The van der Waals surface area contributed by atoms with Crippen molar-refractivity contribution in [2.75, 3.05) is 18.5 Å². The predicted octanol–water partition coefficient (Wildman–Crippen LogP) is 28.4. The van der Waals surface area contributed by atoms with Crippen molar-refractivity contribution in [3.63, 3.8) is 0 Å². The highest BCUT2D eigenvalue weighted by atomic mass is 79.9. The maximum atomic E-state index is 14.9. The molecule has 6 fully saturated rings. The van der Waals surface area contributed by atoms with Crippen LogP contribution in [0.2, 0.25) is 0 Å². The van der Waals surface area contributed by atoms with E-state index in [-0.39, 0.29) is 105 Å². The Kier molecular flexibility index (Phi) is 35.4. The second kappa shape index (κ2) is 45.7. The number of hydrogen-bond donors (Lipinski definition) is 3. The van der Waals surface area contributed by atoms with Crippen molar-refractivity contribution in [1.82, 2.24) is 40.6 Å². The molecule has 23 heteroatoms. The van der Waals surface area contributed by atoms with Crippen LogP contribution in [0.3, 0.4) is 0 Å². The number of H-pyrrole nitrogens is 1. The van der Waals surface area contributed by atoms with Crippen LogP contribution in [-0.4, -0.2) is 141 Å². The number of alkyl halides is 1. The quantitative estimate of drug-likeness (QED) is 0.0261. The van der Waals surface area contributed by atoms with Crippen LogP contribution in [0.15, 0.2) is 161 Å². The van der Waals surface area contributed by atoms with Crippen LogP contribution >= 0.6 is 15.9 Å². The van der Waals surface area contributed by atoms with Gasteiger partial charge in [0.25, 0.3) is 23.6 Å². The number of phenols is 1. The predicted molar refractivity (Wildman–Crippen MR) is 584 cm³/mol. The summed E-state index contributed by atoms with van der Waals surface area (Å²) in [5.41, 5.74) is 9.06. The lowest BCUT2D eigenvalue weighted by molar-refractivity contribution is -0.134. The molecular formula is C122H172BrN11O11. The number of phenolic OH excluding ortho intramolecular Hbond substituents is 1. The molecule has 6 aromatic carbocycles. The number of hydrogen-bond acceptors (Lipinski definition) is 17. The van der Waals surface area contributed by atoms with Crippen molar-refractivity contribution in [3.05, 3.63) is 201 Å². The molecule has 7 aromatic rings. The second-order valence-corrected chi connectivity index (χ2v) is 53.0. The normalized spacial score (nSPS) is 22.7. The van der Waals surface area contributed by atoms with Gasteiger partial charge in [0.05, 0.1) is 61.2 Å². The minimum absolute atomic E-state index is 0.00451. The van der Waals surface area contributed by atoms with Gasteiger partial charge in [0.1, 0.15) is 51.4 Å². The first-order chi connectivity index (χ1) is 68.0. The molecule has 6 aliphatic carbocycles. The smallest absolute Gasteiger partial charge is 0.338 e. The molecule has 0 unspecified atom stereocenters. The van der Waals surface area contributed by atoms with Crippen LogP contribution in [0.25, 0.3) is 0 Å². The topological polar surface area (TPSA) is 273 Å². The number of carbonyl (C=O) groups is 6. The van der Waals surface area contributed by atoms with Crippen LogP contribution in [0.1, 0.15) is 435 Å². The van der Waals surface area contributed by atoms with Crippen LogP contribution < -0.4 is 14.8 Å². The molecule has 4 heterocycles. The summed E-state index contributed by atoms with van der Waals surface area (Å²) in [5, 5.41) is 28.0. The number of esters is 2. The van der Waals surface area contributed by atoms with E-state index in [2.05, 4.69) is 202 Å². The average molecular weight is 2050 g/mol. The summed E-state index contributed by atoms with van der Waals surface area (Å²) >= 11 is 3.39. The maximum absolute atomic E-state index is 14.9. The van der Waals surface area contributed by atoms with Crippen molar-refractivity contribution in [2.24, 2.45) is 81.5 Å². The number of tetrazole rings is 1. The Hall–Kier alpha value is -9.90. The third-order valence-corrected chi connectivity index (χ3v) is 32.4. The fourth-order valence-electron chi connectivity index (χ4n) is 21.9. The van der Waals surface area contributed by atoms with Crippen molar-refractivity contribution in [1.29, 1.82) is 0 Å². The van der Waals surface area contributed by atoms with E-state index < -0.39 is 17.0 Å². The summed E-state index contributed by atoms with van der Waals surface area (Å²) in [5.74, 6) is 3.12. The van der Waals surface area contributed by atoms with Crippen molar-refractivity contribution in [3.8, 4) is 17.2 Å². The second-order valence-electron chi connectivity index (χ2n) is 52.2. The highest BCUT2D eigenvalue weighted by Crippen LogP contribution is 2.63. The first-order valence-electron chi connectivity index (χ1n) is 54.3.